The third-order valence-electron chi connectivity index (χ3n) is 4.93. The van der Waals surface area contributed by atoms with Crippen molar-refractivity contribution in [2.45, 2.75) is 12.5 Å². The zero-order valence-corrected chi connectivity index (χ0v) is 17.3. The monoisotopic (exact) mass is 452 g/mol. The van der Waals surface area contributed by atoms with Crippen LogP contribution in [-0.2, 0) is 18.3 Å². The highest BCUT2D eigenvalue weighted by Gasteiger charge is 2.23. The molecule has 0 aliphatic carbocycles. The highest BCUT2D eigenvalue weighted by molar-refractivity contribution is 6.36. The molecule has 1 heterocycles. The smallest absolute Gasteiger partial charge is 0.307 e. The number of halogens is 3. The molecule has 2 aromatic carbocycles. The molecule has 31 heavy (non-hydrogen) atoms. The second kappa shape index (κ2) is 8.91. The Morgan fingerprint density at radius 1 is 1.26 bits per heavy atom. The van der Waals surface area contributed by atoms with E-state index in [4.69, 9.17) is 21.4 Å². The number of carbonyl (C=O) groups is 2. The van der Waals surface area contributed by atoms with Crippen molar-refractivity contribution in [2.24, 2.45) is 7.05 Å². The van der Waals surface area contributed by atoms with Gasteiger partial charge in [0.1, 0.15) is 11.5 Å². The number of fused-ring (bicyclic) bond motifs is 1. The molecule has 0 saturated carbocycles. The van der Waals surface area contributed by atoms with Gasteiger partial charge in [-0.15, -0.1) is 0 Å². The Hall–Kier alpha value is -3.17. The van der Waals surface area contributed by atoms with E-state index in [9.17, 15) is 23.5 Å². The second-order valence-corrected chi connectivity index (χ2v) is 7.24. The number of hydrogen-bond acceptors (Lipinski definition) is 4. The summed E-state index contributed by atoms with van der Waals surface area (Å²) in [7, 11) is 2.86. The number of methoxy groups -OCH3 is 1. The summed E-state index contributed by atoms with van der Waals surface area (Å²) in [4.78, 5) is 23.6. The molecule has 10 heteroatoms. The predicted octanol–water partition coefficient (Wildman–Crippen LogP) is 3.21. The van der Waals surface area contributed by atoms with E-state index in [0.29, 0.717) is 5.52 Å². The lowest BCUT2D eigenvalue weighted by atomic mass is 10.0. The first-order chi connectivity index (χ1) is 14.7. The quantitative estimate of drug-likeness (QED) is 0.511. The lowest BCUT2D eigenvalue weighted by molar-refractivity contribution is -0.136. The van der Waals surface area contributed by atoms with Crippen LogP contribution in [0.4, 0.5) is 8.78 Å². The molecule has 164 valence electrons. The van der Waals surface area contributed by atoms with Crippen LogP contribution in [0.2, 0.25) is 5.02 Å². The van der Waals surface area contributed by atoms with Crippen LogP contribution in [0.5, 0.6) is 5.75 Å². The van der Waals surface area contributed by atoms with Gasteiger partial charge >= 0.3 is 5.97 Å². The number of ether oxygens (including phenoxy) is 1. The van der Waals surface area contributed by atoms with Crippen molar-refractivity contribution >= 4 is 34.4 Å². The lowest BCUT2D eigenvalue weighted by Crippen LogP contribution is -2.32. The van der Waals surface area contributed by atoms with E-state index in [-0.39, 0.29) is 39.4 Å². The topological polar surface area (TPSA) is 101 Å². The van der Waals surface area contributed by atoms with Crippen LogP contribution in [0.25, 0.3) is 10.9 Å². The van der Waals surface area contributed by atoms with Gasteiger partial charge in [-0.1, -0.05) is 23.7 Å². The maximum absolute atomic E-state index is 14.5. The molecule has 1 amide bonds. The summed E-state index contributed by atoms with van der Waals surface area (Å²) < 4.78 is 35.2. The maximum atomic E-state index is 14.5. The van der Waals surface area contributed by atoms with Gasteiger partial charge in [0.25, 0.3) is 5.91 Å². The molecule has 1 atom stereocenters. The zero-order chi connectivity index (χ0) is 22.9. The molecule has 0 aliphatic rings. The summed E-state index contributed by atoms with van der Waals surface area (Å²) in [6.45, 7) is -0.603. The summed E-state index contributed by atoms with van der Waals surface area (Å²) in [5.41, 5.74) is 0.787. The molecule has 1 aromatic heterocycles. The number of carboxylic acid groups (broad SMARTS) is 1. The number of carboxylic acids is 1. The van der Waals surface area contributed by atoms with Crippen molar-refractivity contribution in [1.29, 1.82) is 0 Å². The molecule has 0 fully saturated rings. The first-order valence-electron chi connectivity index (χ1n) is 9.11. The van der Waals surface area contributed by atoms with Crippen LogP contribution in [0.1, 0.15) is 27.7 Å². The van der Waals surface area contributed by atoms with Crippen LogP contribution in [0.3, 0.4) is 0 Å². The number of aryl methyl sites for hydroxylation is 1. The van der Waals surface area contributed by atoms with E-state index in [2.05, 4.69) is 5.32 Å². The third kappa shape index (κ3) is 4.33. The Bertz CT molecular complexity index is 1180. The van der Waals surface area contributed by atoms with Crippen LogP contribution in [0, 0.1) is 11.6 Å². The predicted molar refractivity (Wildman–Crippen MR) is 109 cm³/mol. The number of rotatable bonds is 7. The van der Waals surface area contributed by atoms with Crippen LogP contribution in [-0.4, -0.2) is 40.4 Å². The van der Waals surface area contributed by atoms with Gasteiger partial charge in [0.2, 0.25) is 0 Å². The average molecular weight is 453 g/mol. The van der Waals surface area contributed by atoms with Gasteiger partial charge in [0, 0.05) is 24.1 Å². The Labute approximate surface area is 180 Å². The molecule has 0 unspecified atom stereocenters. The van der Waals surface area contributed by atoms with Gasteiger partial charge in [0.15, 0.2) is 11.6 Å². The third-order valence-corrected chi connectivity index (χ3v) is 5.30. The van der Waals surface area contributed by atoms with Gasteiger partial charge < -0.3 is 24.8 Å². The van der Waals surface area contributed by atoms with E-state index >= 15 is 0 Å². The first kappa shape index (κ1) is 22.5. The number of nitrogens with one attached hydrogen (secondary N) is 1. The van der Waals surface area contributed by atoms with Crippen molar-refractivity contribution in [3.63, 3.8) is 0 Å². The molecule has 3 N–H and O–H groups in total. The van der Waals surface area contributed by atoms with Gasteiger partial charge in [-0.25, -0.2) is 8.78 Å². The SMILES string of the molecule is COc1cc2c(cc(C(=O)N[C@H](CO)c3ccc(CC(=O)O)cc3F)n2C)c(Cl)c1F. The summed E-state index contributed by atoms with van der Waals surface area (Å²) in [6.07, 6.45) is -0.357. The van der Waals surface area contributed by atoms with Crippen molar-refractivity contribution in [3.05, 3.63) is 63.8 Å². The van der Waals surface area contributed by atoms with E-state index in [1.165, 1.54) is 35.9 Å². The number of aliphatic hydroxyl groups excluding tert-OH is 1. The highest BCUT2D eigenvalue weighted by atomic mass is 35.5. The molecule has 0 aliphatic heterocycles. The van der Waals surface area contributed by atoms with Gasteiger partial charge in [-0.05, 0) is 17.7 Å². The number of benzene rings is 2. The zero-order valence-electron chi connectivity index (χ0n) is 16.6. The lowest BCUT2D eigenvalue weighted by Gasteiger charge is -2.18. The highest BCUT2D eigenvalue weighted by Crippen LogP contribution is 2.35. The van der Waals surface area contributed by atoms with Crippen molar-refractivity contribution in [3.8, 4) is 5.75 Å². The summed E-state index contributed by atoms with van der Waals surface area (Å²) >= 11 is 6.07. The molecule has 0 saturated heterocycles. The minimum atomic E-state index is -1.11. The fourth-order valence-electron chi connectivity index (χ4n) is 3.34. The number of nitrogens with zero attached hydrogens (tertiary/aromatic N) is 1. The van der Waals surface area contributed by atoms with Crippen molar-refractivity contribution in [1.82, 2.24) is 9.88 Å². The minimum absolute atomic E-state index is 0.00509. The van der Waals surface area contributed by atoms with E-state index in [1.807, 2.05) is 0 Å². The van der Waals surface area contributed by atoms with Crippen molar-refractivity contribution in [2.75, 3.05) is 13.7 Å². The van der Waals surface area contributed by atoms with Gasteiger partial charge in [-0.2, -0.15) is 0 Å². The molecular formula is C21H19ClF2N2O5. The number of aliphatic hydroxyl groups is 1. The number of aliphatic carboxylic acids is 1. The fourth-order valence-corrected chi connectivity index (χ4v) is 3.58. The molecule has 0 spiro atoms. The van der Waals surface area contributed by atoms with Crippen LogP contribution >= 0.6 is 11.6 Å². The summed E-state index contributed by atoms with van der Waals surface area (Å²) in [6, 6.07) is 5.46. The van der Waals surface area contributed by atoms with E-state index < -0.39 is 36.2 Å². The molecule has 7 nitrogen and oxygen atoms in total. The van der Waals surface area contributed by atoms with Gasteiger partial charge in [-0.3, -0.25) is 9.59 Å². The Morgan fingerprint density at radius 3 is 2.55 bits per heavy atom. The standard InChI is InChI=1S/C21H19ClF2N2O5/c1-26-15-8-17(31-2)20(24)19(22)12(15)7-16(26)21(30)25-14(9-27)11-4-3-10(5-13(11)23)6-18(28)29/h3-5,7-8,14,27H,6,9H2,1-2H3,(H,25,30)(H,28,29)/t14-/m1/s1. The molecular weight excluding hydrogens is 434 g/mol. The average Bonchev–Trinajstić information content (AvgIpc) is 3.05. The molecule has 3 rings (SSSR count). The fraction of sp³-hybridized carbons (Fsp3) is 0.238. The van der Waals surface area contributed by atoms with Gasteiger partial charge in [0.05, 0.1) is 36.7 Å². The number of carbonyl (C=O) groups excluding carboxylic acids is 1. The Balaban J connectivity index is 1.93. The first-order valence-corrected chi connectivity index (χ1v) is 9.49. The summed E-state index contributed by atoms with van der Waals surface area (Å²) in [5.74, 6) is -3.36. The van der Waals surface area contributed by atoms with Crippen molar-refractivity contribution < 1.29 is 33.3 Å². The van der Waals surface area contributed by atoms with E-state index in [0.717, 1.165) is 6.07 Å². The largest absolute Gasteiger partial charge is 0.494 e. The second-order valence-electron chi connectivity index (χ2n) is 6.86. The molecule has 0 radical (unpaired) electrons. The normalized spacial score (nSPS) is 12.1. The summed E-state index contributed by atoms with van der Waals surface area (Å²) in [5, 5.41) is 21.1. The molecule has 3 aromatic rings. The number of hydrogen-bond donors (Lipinski definition) is 3. The number of amides is 1. The van der Waals surface area contributed by atoms with Crippen LogP contribution < -0.4 is 10.1 Å². The Kier molecular flexibility index (Phi) is 6.47. The molecule has 0 bridgehead atoms. The van der Waals surface area contributed by atoms with Crippen LogP contribution in [0.15, 0.2) is 30.3 Å². The van der Waals surface area contributed by atoms with E-state index in [1.54, 1.807) is 7.05 Å². The Morgan fingerprint density at radius 2 is 1.97 bits per heavy atom. The minimum Gasteiger partial charge on any atom is -0.494 e. The maximum Gasteiger partial charge on any atom is 0.307 e. The number of aromatic nitrogens is 1.